The molecule has 1 N–H and O–H groups in total. The van der Waals surface area contributed by atoms with E-state index in [1.165, 1.54) is 5.56 Å². The summed E-state index contributed by atoms with van der Waals surface area (Å²) in [5.74, 6) is 1.80. The van der Waals surface area contributed by atoms with Crippen LogP contribution in [0.3, 0.4) is 0 Å². The van der Waals surface area contributed by atoms with E-state index in [1.807, 2.05) is 23.7 Å². The molecule has 2 aromatic rings. The summed E-state index contributed by atoms with van der Waals surface area (Å²) in [6.07, 6.45) is 1.70. The zero-order chi connectivity index (χ0) is 13.0. The zero-order valence-corrected chi connectivity index (χ0v) is 10.9. The molecule has 0 saturated heterocycles. The number of nitrogens with zero attached hydrogens (tertiary/aromatic N) is 3. The van der Waals surface area contributed by atoms with Gasteiger partial charge in [-0.25, -0.2) is 0 Å². The summed E-state index contributed by atoms with van der Waals surface area (Å²) in [4.78, 5) is 0. The first kappa shape index (κ1) is 12.6. The van der Waals surface area contributed by atoms with Crippen LogP contribution in [0.25, 0.3) is 0 Å². The summed E-state index contributed by atoms with van der Waals surface area (Å²) in [5.41, 5.74) is 1.22. The van der Waals surface area contributed by atoms with Crippen molar-refractivity contribution in [1.29, 1.82) is 0 Å². The number of rotatable bonds is 5. The van der Waals surface area contributed by atoms with Crippen molar-refractivity contribution in [2.45, 2.75) is 19.5 Å². The van der Waals surface area contributed by atoms with Gasteiger partial charge in [0.2, 0.25) is 0 Å². The molecule has 5 nitrogen and oxygen atoms in total. The van der Waals surface area contributed by atoms with E-state index in [4.69, 9.17) is 4.74 Å². The van der Waals surface area contributed by atoms with Crippen LogP contribution in [0, 0.1) is 0 Å². The number of nitrogens with one attached hydrogen (secondary N) is 1. The minimum Gasteiger partial charge on any atom is -0.497 e. The fourth-order valence-electron chi connectivity index (χ4n) is 1.72. The molecule has 0 aliphatic carbocycles. The highest BCUT2D eigenvalue weighted by atomic mass is 16.5. The lowest BCUT2D eigenvalue weighted by atomic mass is 10.1. The fraction of sp³-hybridized carbons (Fsp3) is 0.385. The van der Waals surface area contributed by atoms with Gasteiger partial charge in [-0.1, -0.05) is 12.1 Å². The van der Waals surface area contributed by atoms with Gasteiger partial charge < -0.3 is 14.6 Å². The molecule has 0 aliphatic heterocycles. The molecule has 18 heavy (non-hydrogen) atoms. The Morgan fingerprint density at radius 3 is 2.61 bits per heavy atom. The second-order valence-corrected chi connectivity index (χ2v) is 4.23. The standard InChI is InChI=1S/C13H18N4O/c1-10(11-4-6-12(18-3)7-5-11)14-8-13-16-15-9-17(13)2/h4-7,9-10,14H,8H2,1-3H3. The summed E-state index contributed by atoms with van der Waals surface area (Å²) in [7, 11) is 3.61. The molecule has 0 radical (unpaired) electrons. The lowest BCUT2D eigenvalue weighted by Gasteiger charge is -2.14. The Balaban J connectivity index is 1.94. The molecule has 0 fully saturated rings. The first-order valence-corrected chi connectivity index (χ1v) is 5.91. The molecule has 1 aromatic heterocycles. The van der Waals surface area contributed by atoms with Crippen LogP contribution in [0.5, 0.6) is 5.75 Å². The monoisotopic (exact) mass is 246 g/mol. The van der Waals surface area contributed by atoms with Crippen LogP contribution >= 0.6 is 0 Å². The molecule has 0 spiro atoms. The van der Waals surface area contributed by atoms with Gasteiger partial charge in [-0.2, -0.15) is 0 Å². The lowest BCUT2D eigenvalue weighted by Crippen LogP contribution is -2.20. The molecule has 1 unspecified atom stereocenters. The van der Waals surface area contributed by atoms with Crippen LogP contribution in [0.1, 0.15) is 24.4 Å². The number of methoxy groups -OCH3 is 1. The fourth-order valence-corrected chi connectivity index (χ4v) is 1.72. The number of hydrogen-bond donors (Lipinski definition) is 1. The average molecular weight is 246 g/mol. The molecular weight excluding hydrogens is 228 g/mol. The summed E-state index contributed by atoms with van der Waals surface area (Å²) < 4.78 is 7.05. The van der Waals surface area contributed by atoms with Crippen LogP contribution in [-0.2, 0) is 13.6 Å². The van der Waals surface area contributed by atoms with Crippen molar-refractivity contribution in [3.05, 3.63) is 42.0 Å². The number of benzene rings is 1. The number of hydrogen-bond acceptors (Lipinski definition) is 4. The van der Waals surface area contributed by atoms with Crippen molar-refractivity contribution in [1.82, 2.24) is 20.1 Å². The van der Waals surface area contributed by atoms with Gasteiger partial charge in [-0.15, -0.1) is 10.2 Å². The van der Waals surface area contributed by atoms with Crippen LogP contribution < -0.4 is 10.1 Å². The highest BCUT2D eigenvalue weighted by Gasteiger charge is 2.07. The molecule has 0 aliphatic rings. The smallest absolute Gasteiger partial charge is 0.146 e. The lowest BCUT2D eigenvalue weighted by molar-refractivity contribution is 0.414. The largest absolute Gasteiger partial charge is 0.497 e. The Hall–Kier alpha value is -1.88. The molecule has 96 valence electrons. The number of aryl methyl sites for hydroxylation is 1. The van der Waals surface area contributed by atoms with E-state index in [1.54, 1.807) is 13.4 Å². The third-order valence-corrected chi connectivity index (χ3v) is 2.99. The van der Waals surface area contributed by atoms with Gasteiger partial charge in [0.05, 0.1) is 13.7 Å². The van der Waals surface area contributed by atoms with Crippen molar-refractivity contribution in [2.75, 3.05) is 7.11 Å². The average Bonchev–Trinajstić information content (AvgIpc) is 2.81. The van der Waals surface area contributed by atoms with Crippen molar-refractivity contribution in [2.24, 2.45) is 7.05 Å². The van der Waals surface area contributed by atoms with Crippen molar-refractivity contribution in [3.63, 3.8) is 0 Å². The Kier molecular flexibility index (Phi) is 3.94. The van der Waals surface area contributed by atoms with Crippen LogP contribution in [-0.4, -0.2) is 21.9 Å². The van der Waals surface area contributed by atoms with Gasteiger partial charge in [0.1, 0.15) is 17.9 Å². The summed E-state index contributed by atoms with van der Waals surface area (Å²) >= 11 is 0. The predicted molar refractivity (Wildman–Crippen MR) is 69.3 cm³/mol. The normalized spacial score (nSPS) is 12.4. The van der Waals surface area contributed by atoms with Crippen molar-refractivity contribution >= 4 is 0 Å². The first-order valence-electron chi connectivity index (χ1n) is 5.91. The van der Waals surface area contributed by atoms with Crippen LogP contribution in [0.4, 0.5) is 0 Å². The highest BCUT2D eigenvalue weighted by Crippen LogP contribution is 2.17. The summed E-state index contributed by atoms with van der Waals surface area (Å²) in [6.45, 7) is 2.82. The molecular formula is C13H18N4O. The highest BCUT2D eigenvalue weighted by molar-refractivity contribution is 5.28. The summed E-state index contributed by atoms with van der Waals surface area (Å²) in [5, 5.41) is 11.3. The minimum atomic E-state index is 0.257. The van der Waals surface area contributed by atoms with Crippen LogP contribution in [0.15, 0.2) is 30.6 Å². The number of ether oxygens (including phenoxy) is 1. The van der Waals surface area contributed by atoms with Gasteiger partial charge in [0.25, 0.3) is 0 Å². The Bertz CT molecular complexity index is 492. The van der Waals surface area contributed by atoms with E-state index in [2.05, 4.69) is 34.6 Å². The van der Waals surface area contributed by atoms with Gasteiger partial charge in [-0.3, -0.25) is 0 Å². The van der Waals surface area contributed by atoms with E-state index in [-0.39, 0.29) is 6.04 Å². The van der Waals surface area contributed by atoms with Crippen molar-refractivity contribution < 1.29 is 4.74 Å². The summed E-state index contributed by atoms with van der Waals surface area (Å²) in [6, 6.07) is 8.32. The maximum absolute atomic E-state index is 5.14. The molecule has 1 aromatic carbocycles. The maximum atomic E-state index is 5.14. The molecule has 2 rings (SSSR count). The maximum Gasteiger partial charge on any atom is 0.146 e. The first-order chi connectivity index (χ1) is 8.70. The van der Waals surface area contributed by atoms with Gasteiger partial charge in [-0.05, 0) is 24.6 Å². The van der Waals surface area contributed by atoms with E-state index < -0.39 is 0 Å². The van der Waals surface area contributed by atoms with Gasteiger partial charge in [0.15, 0.2) is 0 Å². The second-order valence-electron chi connectivity index (χ2n) is 4.23. The molecule has 5 heteroatoms. The number of aromatic nitrogens is 3. The Morgan fingerprint density at radius 2 is 2.06 bits per heavy atom. The van der Waals surface area contributed by atoms with E-state index in [0.29, 0.717) is 6.54 Å². The zero-order valence-electron chi connectivity index (χ0n) is 10.9. The SMILES string of the molecule is COc1ccc(C(C)NCc2nncn2C)cc1. The van der Waals surface area contributed by atoms with Gasteiger partial charge in [0, 0.05) is 13.1 Å². The molecule has 0 bridgehead atoms. The topological polar surface area (TPSA) is 52.0 Å². The minimum absolute atomic E-state index is 0.257. The molecule has 1 heterocycles. The third-order valence-electron chi connectivity index (χ3n) is 2.99. The third kappa shape index (κ3) is 2.87. The quantitative estimate of drug-likeness (QED) is 0.872. The molecule has 1 atom stereocenters. The second kappa shape index (κ2) is 5.64. The molecule has 0 amide bonds. The van der Waals surface area contributed by atoms with Gasteiger partial charge >= 0.3 is 0 Å². The predicted octanol–water partition coefficient (Wildman–Crippen LogP) is 1.67. The van der Waals surface area contributed by atoms with Crippen LogP contribution in [0.2, 0.25) is 0 Å². The Morgan fingerprint density at radius 1 is 1.33 bits per heavy atom. The Labute approximate surface area is 107 Å². The van der Waals surface area contributed by atoms with E-state index in [9.17, 15) is 0 Å². The molecule has 0 saturated carbocycles. The van der Waals surface area contributed by atoms with E-state index >= 15 is 0 Å². The van der Waals surface area contributed by atoms with Crippen molar-refractivity contribution in [3.8, 4) is 5.75 Å². The van der Waals surface area contributed by atoms with E-state index in [0.717, 1.165) is 11.6 Å².